The van der Waals surface area contributed by atoms with Crippen LogP contribution in [0.4, 0.5) is 0 Å². The van der Waals surface area contributed by atoms with Crippen LogP contribution in [0.1, 0.15) is 77.4 Å². The van der Waals surface area contributed by atoms with Crippen molar-refractivity contribution in [3.63, 3.8) is 0 Å². The van der Waals surface area contributed by atoms with Crippen molar-refractivity contribution >= 4 is 45.1 Å². The van der Waals surface area contributed by atoms with Gasteiger partial charge in [-0.25, -0.2) is 0 Å². The molecular formula is C56H48N2O8. The zero-order chi connectivity index (χ0) is 46.1. The number of carbonyl (C=O) groups is 4. The quantitative estimate of drug-likeness (QED) is 0.153. The summed E-state index contributed by atoms with van der Waals surface area (Å²) in [5.74, 6) is 1.42. The van der Waals surface area contributed by atoms with Crippen LogP contribution >= 0.6 is 0 Å². The van der Waals surface area contributed by atoms with Gasteiger partial charge in [0, 0.05) is 65.3 Å². The molecule has 0 saturated heterocycles. The van der Waals surface area contributed by atoms with Crippen molar-refractivity contribution in [2.75, 3.05) is 13.2 Å². The number of aromatic nitrogens is 1. The van der Waals surface area contributed by atoms with Crippen LogP contribution in [0.5, 0.6) is 5.75 Å². The fourth-order valence-corrected chi connectivity index (χ4v) is 7.64. The maximum absolute atomic E-state index is 11.3. The largest absolute Gasteiger partial charge is 0.492 e. The second kappa shape index (κ2) is 22.9. The van der Waals surface area contributed by atoms with Crippen LogP contribution in [0.15, 0.2) is 196 Å². The average molecular weight is 877 g/mol. The lowest BCUT2D eigenvalue weighted by molar-refractivity contribution is 0.0928. The first-order chi connectivity index (χ1) is 32.3. The van der Waals surface area contributed by atoms with Crippen LogP contribution < -0.4 is 20.9 Å². The molecule has 0 saturated carbocycles. The number of allylic oxidation sites excluding steroid dienone is 2. The van der Waals surface area contributed by atoms with E-state index in [0.29, 0.717) is 29.8 Å². The summed E-state index contributed by atoms with van der Waals surface area (Å²) in [6, 6.07) is 48.3. The molecule has 0 bridgehead atoms. The molecule has 0 radical (unpaired) electrons. The number of hydrogen-bond acceptors (Lipinski definition) is 8. The number of amides is 1. The van der Waals surface area contributed by atoms with E-state index in [4.69, 9.17) is 9.15 Å². The number of H-pyrrole nitrogens is 1. The van der Waals surface area contributed by atoms with E-state index in [0.717, 1.165) is 88.7 Å². The van der Waals surface area contributed by atoms with E-state index in [1.165, 1.54) is 24.0 Å². The Kier molecular flexibility index (Phi) is 15.9. The molecule has 1 amide bonds. The predicted molar refractivity (Wildman–Crippen MR) is 258 cm³/mol. The minimum atomic E-state index is 0.00634. The molecule has 10 nitrogen and oxygen atoms in total. The molecule has 2 aliphatic heterocycles. The fraction of sp³-hybridized carbons (Fsp3) is 0.143. The Morgan fingerprint density at radius 1 is 0.485 bits per heavy atom. The van der Waals surface area contributed by atoms with E-state index in [9.17, 15) is 28.8 Å². The van der Waals surface area contributed by atoms with Crippen LogP contribution in [-0.2, 0) is 19.3 Å². The van der Waals surface area contributed by atoms with Gasteiger partial charge in [-0.15, -0.1) is 0 Å². The molecular weight excluding hydrogens is 829 g/mol. The molecule has 2 aromatic heterocycles. The SMILES string of the molecule is O=C1C=CCc2ccccc21.O=C1CCCc2ccccc21.O=C1CCOc2ccccc21.O=C1NCCc2ccccc21.O=c1cc[nH]c2ccccc12.O=c1ccoc2ccccc12. The molecule has 2 N–H and O–H groups in total. The Balaban J connectivity index is 0.000000118. The van der Waals surface area contributed by atoms with Crippen molar-refractivity contribution in [1.29, 1.82) is 0 Å². The molecule has 4 aliphatic rings. The molecule has 12 rings (SSSR count). The average Bonchev–Trinajstić information content (AvgIpc) is 3.36. The van der Waals surface area contributed by atoms with E-state index in [-0.39, 0.29) is 28.3 Å². The molecule has 10 heteroatoms. The fourth-order valence-electron chi connectivity index (χ4n) is 7.64. The van der Waals surface area contributed by atoms with E-state index in [1.54, 1.807) is 30.5 Å². The molecule has 6 aromatic carbocycles. The Labute approximate surface area is 381 Å². The van der Waals surface area contributed by atoms with Crippen LogP contribution in [-0.4, -0.2) is 41.4 Å². The third-order valence-corrected chi connectivity index (χ3v) is 11.0. The van der Waals surface area contributed by atoms with Gasteiger partial charge in [0.25, 0.3) is 5.91 Å². The van der Waals surface area contributed by atoms with Gasteiger partial charge in [-0.1, -0.05) is 109 Å². The summed E-state index contributed by atoms with van der Waals surface area (Å²) in [5, 5.41) is 4.18. The second-order valence-corrected chi connectivity index (χ2v) is 15.4. The van der Waals surface area contributed by atoms with Gasteiger partial charge in [0.15, 0.2) is 28.2 Å². The van der Waals surface area contributed by atoms with Crippen molar-refractivity contribution in [3.8, 4) is 5.75 Å². The number of hydrogen-bond donors (Lipinski definition) is 2. The van der Waals surface area contributed by atoms with Crippen LogP contribution in [0.25, 0.3) is 21.9 Å². The summed E-state index contributed by atoms with van der Waals surface area (Å²) in [6.07, 6.45) is 11.8. The monoisotopic (exact) mass is 876 g/mol. The number of ketones is 3. The lowest BCUT2D eigenvalue weighted by Gasteiger charge is -2.15. The number of benzene rings is 6. The molecule has 8 aromatic rings. The van der Waals surface area contributed by atoms with Gasteiger partial charge in [-0.2, -0.15) is 0 Å². The van der Waals surface area contributed by atoms with E-state index >= 15 is 0 Å². The molecule has 0 spiro atoms. The standard InChI is InChI=1S/C10H10O.C10H8O.C9H7NO.C9H9NO.C9H8O2.C9H6O2/c2*11-10-7-3-5-8-4-1-2-6-9(8)10;11-9-5-6-10-8-4-2-1-3-7(8)9;11-9-8-4-2-1-3-7(8)5-6-10-9;2*10-8-5-6-11-9-4-2-1-3-7(8)9/h1-2,4,6H,3,5,7H2;1-4,6-7H,5H2;1-6H,(H,10,11);1-4H,5-6H2,(H,10,11);1-4H,5-6H2;1-6H. The molecule has 2 aliphatic carbocycles. The number of para-hydroxylation sites is 3. The summed E-state index contributed by atoms with van der Waals surface area (Å²) in [7, 11) is 0. The van der Waals surface area contributed by atoms with Gasteiger partial charge >= 0.3 is 0 Å². The Hall–Kier alpha value is -8.24. The summed E-state index contributed by atoms with van der Waals surface area (Å²) >= 11 is 0. The van der Waals surface area contributed by atoms with Gasteiger partial charge in [0.1, 0.15) is 11.3 Å². The molecule has 66 heavy (non-hydrogen) atoms. The molecule has 0 fully saturated rings. The summed E-state index contributed by atoms with van der Waals surface area (Å²) in [6.45, 7) is 1.30. The van der Waals surface area contributed by atoms with Gasteiger partial charge in [0.05, 0.1) is 23.8 Å². The zero-order valence-electron chi connectivity index (χ0n) is 36.2. The normalized spacial score (nSPS) is 13.7. The number of Topliss-reactive ketones (excluding diaryl/α,β-unsaturated/α-hetero) is 2. The topological polar surface area (TPSA) is 153 Å². The highest BCUT2D eigenvalue weighted by atomic mass is 16.5. The van der Waals surface area contributed by atoms with Gasteiger partial charge in [0.2, 0.25) is 0 Å². The third kappa shape index (κ3) is 12.1. The minimum absolute atomic E-state index is 0.00634. The van der Waals surface area contributed by atoms with E-state index in [2.05, 4.69) is 10.3 Å². The smallest absolute Gasteiger partial charge is 0.251 e. The van der Waals surface area contributed by atoms with Gasteiger partial charge in [-0.05, 0) is 90.9 Å². The number of fused-ring (bicyclic) bond motifs is 6. The highest BCUT2D eigenvalue weighted by Crippen LogP contribution is 2.23. The number of aromatic amines is 1. The number of aryl methyl sites for hydroxylation is 1. The number of rotatable bonds is 0. The van der Waals surface area contributed by atoms with Crippen molar-refractivity contribution in [1.82, 2.24) is 10.3 Å². The zero-order valence-corrected chi connectivity index (χ0v) is 36.2. The molecule has 0 unspecified atom stereocenters. The first-order valence-electron chi connectivity index (χ1n) is 21.8. The number of ether oxygens (including phenoxy) is 1. The molecule has 0 atom stereocenters. The third-order valence-electron chi connectivity index (χ3n) is 11.0. The van der Waals surface area contributed by atoms with E-state index < -0.39 is 0 Å². The second-order valence-electron chi connectivity index (χ2n) is 15.4. The number of nitrogens with one attached hydrogen (secondary N) is 2. The first-order valence-corrected chi connectivity index (χ1v) is 21.8. The Morgan fingerprint density at radius 3 is 1.80 bits per heavy atom. The summed E-state index contributed by atoms with van der Waals surface area (Å²) < 4.78 is 10.4. The van der Waals surface area contributed by atoms with E-state index in [1.807, 2.05) is 133 Å². The maximum Gasteiger partial charge on any atom is 0.251 e. The van der Waals surface area contributed by atoms with Crippen molar-refractivity contribution in [2.45, 2.75) is 38.5 Å². The van der Waals surface area contributed by atoms with Crippen molar-refractivity contribution in [2.24, 2.45) is 0 Å². The minimum Gasteiger partial charge on any atom is -0.492 e. The Morgan fingerprint density at radius 2 is 1.09 bits per heavy atom. The maximum atomic E-state index is 11.3. The highest BCUT2D eigenvalue weighted by molar-refractivity contribution is 6.06. The van der Waals surface area contributed by atoms with Gasteiger partial charge < -0.3 is 19.5 Å². The van der Waals surface area contributed by atoms with Crippen LogP contribution in [0.2, 0.25) is 0 Å². The highest BCUT2D eigenvalue weighted by Gasteiger charge is 2.17. The lowest BCUT2D eigenvalue weighted by Crippen LogP contribution is -2.31. The first kappa shape index (κ1) is 45.8. The summed E-state index contributed by atoms with van der Waals surface area (Å²) in [5.41, 5.74) is 8.48. The van der Waals surface area contributed by atoms with Crippen LogP contribution in [0.3, 0.4) is 0 Å². The number of carbonyl (C=O) groups excluding carboxylic acids is 4. The van der Waals surface area contributed by atoms with Crippen LogP contribution in [0, 0.1) is 0 Å². The summed E-state index contributed by atoms with van der Waals surface area (Å²) in [4.78, 5) is 70.1. The predicted octanol–water partition coefficient (Wildman–Crippen LogP) is 10.1. The van der Waals surface area contributed by atoms with Crippen molar-refractivity contribution in [3.05, 3.63) is 242 Å². The Bertz CT molecular complexity index is 2900. The lowest BCUT2D eigenvalue weighted by atomic mass is 9.91. The van der Waals surface area contributed by atoms with Gasteiger partial charge in [-0.3, -0.25) is 28.8 Å². The number of pyridine rings is 1. The van der Waals surface area contributed by atoms with Crippen molar-refractivity contribution < 1.29 is 28.3 Å². The molecule has 4 heterocycles. The molecule has 330 valence electrons.